The van der Waals surface area contributed by atoms with Gasteiger partial charge in [-0.2, -0.15) is 0 Å². The highest BCUT2D eigenvalue weighted by molar-refractivity contribution is 5.68. The Labute approximate surface area is 69.4 Å². The lowest BCUT2D eigenvalue weighted by atomic mass is 10.1. The van der Waals surface area contributed by atoms with E-state index in [1.165, 1.54) is 0 Å². The van der Waals surface area contributed by atoms with Crippen LogP contribution < -0.4 is 11.5 Å². The first kappa shape index (κ1) is 8.61. The van der Waals surface area contributed by atoms with Gasteiger partial charge in [-0.25, -0.2) is 0 Å². The van der Waals surface area contributed by atoms with Gasteiger partial charge < -0.3 is 21.6 Å². The summed E-state index contributed by atoms with van der Waals surface area (Å²) in [6, 6.07) is 1.09. The van der Waals surface area contributed by atoms with Gasteiger partial charge in [0.2, 0.25) is 0 Å². The van der Waals surface area contributed by atoms with Gasteiger partial charge in [0, 0.05) is 6.20 Å². The Morgan fingerprint density at radius 2 is 2.42 bits per heavy atom. The van der Waals surface area contributed by atoms with Gasteiger partial charge in [-0.1, -0.05) is 0 Å². The molecule has 5 nitrogen and oxygen atoms in total. The standard InChI is InChI=1S/C7H11N3O2/c8-4-1-2-10-7(4)5(9)3-6(11)12/h1-2,5,10H,3,8-9H2,(H,11,12). The number of hydrogen-bond donors (Lipinski definition) is 4. The number of nitrogens with two attached hydrogens (primary N) is 2. The quantitative estimate of drug-likeness (QED) is 0.513. The van der Waals surface area contributed by atoms with Crippen molar-refractivity contribution in [2.24, 2.45) is 5.73 Å². The Hall–Kier alpha value is -1.49. The highest BCUT2D eigenvalue weighted by atomic mass is 16.4. The topological polar surface area (TPSA) is 105 Å². The van der Waals surface area contributed by atoms with Crippen molar-refractivity contribution in [3.8, 4) is 0 Å². The third-order valence-electron chi connectivity index (χ3n) is 1.58. The molecule has 1 unspecified atom stereocenters. The molecule has 0 aromatic carbocycles. The van der Waals surface area contributed by atoms with Gasteiger partial charge >= 0.3 is 5.97 Å². The minimum absolute atomic E-state index is 0.120. The number of aromatic amines is 1. The second kappa shape index (κ2) is 3.27. The van der Waals surface area contributed by atoms with E-state index in [9.17, 15) is 4.79 Å². The third-order valence-corrected chi connectivity index (χ3v) is 1.58. The van der Waals surface area contributed by atoms with Crippen LogP contribution in [0, 0.1) is 0 Å². The number of hydrogen-bond acceptors (Lipinski definition) is 3. The molecule has 0 fully saturated rings. The van der Waals surface area contributed by atoms with Crippen LogP contribution >= 0.6 is 0 Å². The highest BCUT2D eigenvalue weighted by Gasteiger charge is 2.13. The number of rotatable bonds is 3. The average molecular weight is 169 g/mol. The second-order valence-electron chi connectivity index (χ2n) is 2.55. The summed E-state index contributed by atoms with van der Waals surface area (Å²) in [6.45, 7) is 0. The van der Waals surface area contributed by atoms with Crippen LogP contribution in [0.15, 0.2) is 12.3 Å². The molecule has 0 aliphatic heterocycles. The smallest absolute Gasteiger partial charge is 0.305 e. The largest absolute Gasteiger partial charge is 0.481 e. The predicted octanol–water partition coefficient (Wildman–Crippen LogP) is 0.0714. The van der Waals surface area contributed by atoms with Crippen molar-refractivity contribution in [3.05, 3.63) is 18.0 Å². The predicted molar refractivity (Wildman–Crippen MR) is 44.4 cm³/mol. The molecule has 0 aliphatic rings. The molecule has 0 spiro atoms. The zero-order valence-corrected chi connectivity index (χ0v) is 6.45. The molecule has 12 heavy (non-hydrogen) atoms. The number of aliphatic carboxylic acids is 1. The molecule has 6 N–H and O–H groups in total. The van der Waals surface area contributed by atoms with Gasteiger partial charge in [-0.3, -0.25) is 4.79 Å². The molecule has 0 amide bonds. The fraction of sp³-hybridized carbons (Fsp3) is 0.286. The van der Waals surface area contributed by atoms with Crippen molar-refractivity contribution in [1.82, 2.24) is 4.98 Å². The SMILES string of the molecule is Nc1cc[nH]c1C(N)CC(=O)O. The number of carboxylic acids is 1. The number of H-pyrrole nitrogens is 1. The number of nitrogen functional groups attached to an aromatic ring is 1. The van der Waals surface area contributed by atoms with E-state index < -0.39 is 12.0 Å². The summed E-state index contributed by atoms with van der Waals surface area (Å²) < 4.78 is 0. The van der Waals surface area contributed by atoms with E-state index in [-0.39, 0.29) is 6.42 Å². The van der Waals surface area contributed by atoms with Crippen LogP contribution in [0.4, 0.5) is 5.69 Å². The van der Waals surface area contributed by atoms with E-state index in [0.717, 1.165) is 0 Å². The lowest BCUT2D eigenvalue weighted by Crippen LogP contribution is -2.16. The van der Waals surface area contributed by atoms with Crippen LogP contribution in [0.2, 0.25) is 0 Å². The normalized spacial score (nSPS) is 12.8. The molecule has 0 bridgehead atoms. The number of carbonyl (C=O) groups is 1. The van der Waals surface area contributed by atoms with Crippen molar-refractivity contribution in [2.75, 3.05) is 5.73 Å². The Kier molecular flexibility index (Phi) is 2.35. The molecule has 0 saturated heterocycles. The molecule has 0 saturated carbocycles. The first-order valence-corrected chi connectivity index (χ1v) is 3.51. The Balaban J connectivity index is 2.71. The van der Waals surface area contributed by atoms with Gasteiger partial charge in [0.25, 0.3) is 0 Å². The van der Waals surface area contributed by atoms with Crippen molar-refractivity contribution in [1.29, 1.82) is 0 Å². The van der Waals surface area contributed by atoms with E-state index in [0.29, 0.717) is 11.4 Å². The maximum Gasteiger partial charge on any atom is 0.305 e. The molecule has 1 aromatic rings. The van der Waals surface area contributed by atoms with E-state index in [1.54, 1.807) is 12.3 Å². The third kappa shape index (κ3) is 1.76. The second-order valence-corrected chi connectivity index (χ2v) is 2.55. The van der Waals surface area contributed by atoms with Gasteiger partial charge in [0.1, 0.15) is 0 Å². The molecule has 1 atom stereocenters. The molecule has 1 aromatic heterocycles. The maximum atomic E-state index is 10.3. The molecule has 0 aliphatic carbocycles. The lowest BCUT2D eigenvalue weighted by molar-refractivity contribution is -0.137. The maximum absolute atomic E-state index is 10.3. The number of nitrogens with one attached hydrogen (secondary N) is 1. The summed E-state index contributed by atoms with van der Waals surface area (Å²) in [4.78, 5) is 13.1. The van der Waals surface area contributed by atoms with Gasteiger partial charge in [0.05, 0.1) is 23.8 Å². The zero-order valence-electron chi connectivity index (χ0n) is 6.45. The molecular weight excluding hydrogens is 158 g/mol. The first-order valence-electron chi connectivity index (χ1n) is 3.51. The van der Waals surface area contributed by atoms with Gasteiger partial charge in [-0.05, 0) is 6.07 Å². The molecule has 66 valence electrons. The molecule has 0 radical (unpaired) electrons. The molecular formula is C7H11N3O2. The summed E-state index contributed by atoms with van der Waals surface area (Å²) in [7, 11) is 0. The van der Waals surface area contributed by atoms with Crippen molar-refractivity contribution in [2.45, 2.75) is 12.5 Å². The average Bonchev–Trinajstić information content (AvgIpc) is 2.33. The van der Waals surface area contributed by atoms with Crippen molar-refractivity contribution >= 4 is 11.7 Å². The lowest BCUT2D eigenvalue weighted by Gasteiger charge is -2.07. The monoisotopic (exact) mass is 169 g/mol. The van der Waals surface area contributed by atoms with E-state index in [1.807, 2.05) is 0 Å². The Bertz CT molecular complexity index is 282. The van der Waals surface area contributed by atoms with E-state index in [4.69, 9.17) is 16.6 Å². The van der Waals surface area contributed by atoms with Crippen molar-refractivity contribution in [3.63, 3.8) is 0 Å². The minimum atomic E-state index is -0.934. The number of anilines is 1. The van der Waals surface area contributed by atoms with Crippen LogP contribution in [0.25, 0.3) is 0 Å². The fourth-order valence-electron chi connectivity index (χ4n) is 1.01. The van der Waals surface area contributed by atoms with Crippen molar-refractivity contribution < 1.29 is 9.90 Å². The fourth-order valence-corrected chi connectivity index (χ4v) is 1.01. The summed E-state index contributed by atoms with van der Waals surface area (Å²) in [5.41, 5.74) is 12.1. The summed E-state index contributed by atoms with van der Waals surface area (Å²) in [6.07, 6.45) is 1.51. The number of aromatic nitrogens is 1. The summed E-state index contributed by atoms with van der Waals surface area (Å²) >= 11 is 0. The van der Waals surface area contributed by atoms with Gasteiger partial charge in [-0.15, -0.1) is 0 Å². The van der Waals surface area contributed by atoms with Crippen LogP contribution in [0.5, 0.6) is 0 Å². The number of carboxylic acid groups (broad SMARTS) is 1. The van der Waals surface area contributed by atoms with Gasteiger partial charge in [0.15, 0.2) is 0 Å². The summed E-state index contributed by atoms with van der Waals surface area (Å²) in [5.74, 6) is -0.934. The molecule has 1 heterocycles. The highest BCUT2D eigenvalue weighted by Crippen LogP contribution is 2.18. The van der Waals surface area contributed by atoms with Crippen LogP contribution in [0.1, 0.15) is 18.2 Å². The van der Waals surface area contributed by atoms with E-state index >= 15 is 0 Å². The molecule has 5 heteroatoms. The Morgan fingerprint density at radius 3 is 2.83 bits per heavy atom. The van der Waals surface area contributed by atoms with Crippen LogP contribution in [0.3, 0.4) is 0 Å². The zero-order chi connectivity index (χ0) is 9.14. The molecule has 1 rings (SSSR count). The first-order chi connectivity index (χ1) is 5.61. The minimum Gasteiger partial charge on any atom is -0.481 e. The van der Waals surface area contributed by atoms with E-state index in [2.05, 4.69) is 4.98 Å². The summed E-state index contributed by atoms with van der Waals surface area (Å²) in [5, 5.41) is 8.44. The van der Waals surface area contributed by atoms with Crippen LogP contribution in [-0.2, 0) is 4.79 Å². The Morgan fingerprint density at radius 1 is 1.75 bits per heavy atom. The van der Waals surface area contributed by atoms with Crippen LogP contribution in [-0.4, -0.2) is 16.1 Å².